The first kappa shape index (κ1) is 20.9. The van der Waals surface area contributed by atoms with Crippen molar-refractivity contribution in [2.24, 2.45) is 4.99 Å². The summed E-state index contributed by atoms with van der Waals surface area (Å²) in [6.45, 7) is 2.43. The summed E-state index contributed by atoms with van der Waals surface area (Å²) in [5, 5.41) is 9.05. The molecule has 33 heavy (non-hydrogen) atoms. The second kappa shape index (κ2) is 10.1. The van der Waals surface area contributed by atoms with Crippen LogP contribution in [-0.2, 0) is 13.0 Å². The molecule has 0 aliphatic carbocycles. The molecule has 0 saturated heterocycles. The van der Waals surface area contributed by atoms with Gasteiger partial charge in [0.2, 0.25) is 0 Å². The van der Waals surface area contributed by atoms with Crippen molar-refractivity contribution in [1.29, 1.82) is 0 Å². The normalized spacial score (nSPS) is 13.5. The predicted octanol–water partition coefficient (Wildman–Crippen LogP) is 4.79. The zero-order valence-electron chi connectivity index (χ0n) is 18.3. The number of rotatable bonds is 6. The number of furan rings is 1. The molecule has 0 spiro atoms. The van der Waals surface area contributed by atoms with Gasteiger partial charge in [0.25, 0.3) is 0 Å². The van der Waals surface area contributed by atoms with Crippen LogP contribution in [0.5, 0.6) is 11.5 Å². The third-order valence-corrected chi connectivity index (χ3v) is 5.40. The van der Waals surface area contributed by atoms with E-state index in [0.29, 0.717) is 32.3 Å². The fraction of sp³-hybridized carbons (Fsp3) is 0.231. The van der Waals surface area contributed by atoms with Crippen molar-refractivity contribution >= 4 is 22.4 Å². The largest absolute Gasteiger partial charge is 0.490 e. The van der Waals surface area contributed by atoms with Gasteiger partial charge in [-0.1, -0.05) is 24.3 Å². The lowest BCUT2D eigenvalue weighted by atomic mass is 10.1. The zero-order chi connectivity index (χ0) is 22.3. The molecule has 1 aliphatic rings. The van der Waals surface area contributed by atoms with E-state index in [0.717, 1.165) is 52.3 Å². The molecular formula is C26H26N4O3. The van der Waals surface area contributed by atoms with E-state index < -0.39 is 0 Å². The van der Waals surface area contributed by atoms with Gasteiger partial charge >= 0.3 is 0 Å². The van der Waals surface area contributed by atoms with Crippen molar-refractivity contribution in [3.05, 3.63) is 84.6 Å². The highest BCUT2D eigenvalue weighted by molar-refractivity contribution is 5.94. The molecular weight excluding hydrogens is 416 g/mol. The Labute approximate surface area is 192 Å². The number of pyridine rings is 1. The molecule has 2 aromatic carbocycles. The first-order chi connectivity index (χ1) is 16.3. The first-order valence-corrected chi connectivity index (χ1v) is 11.2. The van der Waals surface area contributed by atoms with Gasteiger partial charge in [0.15, 0.2) is 17.5 Å². The number of ether oxygens (including phenoxy) is 2. The van der Waals surface area contributed by atoms with Gasteiger partial charge < -0.3 is 24.5 Å². The van der Waals surface area contributed by atoms with Crippen LogP contribution in [0.4, 0.5) is 5.69 Å². The van der Waals surface area contributed by atoms with Crippen molar-refractivity contribution < 1.29 is 13.9 Å². The molecule has 0 bridgehead atoms. The van der Waals surface area contributed by atoms with E-state index in [1.54, 1.807) is 6.26 Å². The highest BCUT2D eigenvalue weighted by Gasteiger charge is 2.12. The summed E-state index contributed by atoms with van der Waals surface area (Å²) in [6.07, 6.45) is 5.14. The summed E-state index contributed by atoms with van der Waals surface area (Å²) in [7, 11) is 0. The molecule has 0 unspecified atom stereocenters. The number of aromatic nitrogens is 1. The first-order valence-electron chi connectivity index (χ1n) is 11.2. The molecule has 2 aromatic heterocycles. The van der Waals surface area contributed by atoms with E-state index in [2.05, 4.69) is 27.8 Å². The topological polar surface area (TPSA) is 80.9 Å². The number of fused-ring (bicyclic) bond motifs is 2. The van der Waals surface area contributed by atoms with E-state index in [-0.39, 0.29) is 0 Å². The molecule has 0 fully saturated rings. The van der Waals surface area contributed by atoms with Gasteiger partial charge in [0.05, 0.1) is 31.7 Å². The Morgan fingerprint density at radius 3 is 2.79 bits per heavy atom. The van der Waals surface area contributed by atoms with E-state index in [9.17, 15) is 0 Å². The molecule has 0 amide bonds. The third-order valence-electron chi connectivity index (χ3n) is 5.40. The molecule has 7 heteroatoms. The van der Waals surface area contributed by atoms with Gasteiger partial charge in [0.1, 0.15) is 5.76 Å². The predicted molar refractivity (Wildman–Crippen MR) is 129 cm³/mol. The summed E-state index contributed by atoms with van der Waals surface area (Å²) in [4.78, 5) is 9.38. The van der Waals surface area contributed by atoms with Crippen molar-refractivity contribution in [2.75, 3.05) is 25.1 Å². The van der Waals surface area contributed by atoms with E-state index in [4.69, 9.17) is 18.9 Å². The minimum Gasteiger partial charge on any atom is -0.490 e. The lowest BCUT2D eigenvalue weighted by Crippen LogP contribution is -2.32. The van der Waals surface area contributed by atoms with Gasteiger partial charge in [-0.05, 0) is 35.7 Å². The number of hydrogen-bond donors (Lipinski definition) is 2. The smallest absolute Gasteiger partial charge is 0.196 e. The summed E-state index contributed by atoms with van der Waals surface area (Å²) < 4.78 is 17.0. The van der Waals surface area contributed by atoms with E-state index >= 15 is 0 Å². The lowest BCUT2D eigenvalue weighted by molar-refractivity contribution is 0.297. The van der Waals surface area contributed by atoms with Gasteiger partial charge in [-0.25, -0.2) is 4.99 Å². The second-order valence-electron chi connectivity index (χ2n) is 7.74. The fourth-order valence-electron chi connectivity index (χ4n) is 3.74. The van der Waals surface area contributed by atoms with Crippen LogP contribution in [-0.4, -0.2) is 30.7 Å². The van der Waals surface area contributed by atoms with Crippen LogP contribution in [0.25, 0.3) is 10.8 Å². The summed E-state index contributed by atoms with van der Waals surface area (Å²) >= 11 is 0. The maximum absolute atomic E-state index is 5.83. The molecule has 2 N–H and O–H groups in total. The van der Waals surface area contributed by atoms with Crippen LogP contribution in [0, 0.1) is 0 Å². The average Bonchev–Trinajstić information content (AvgIpc) is 3.26. The van der Waals surface area contributed by atoms with Gasteiger partial charge in [-0.15, -0.1) is 0 Å². The molecule has 0 saturated carbocycles. The molecule has 1 aliphatic heterocycles. The molecule has 7 nitrogen and oxygen atoms in total. The van der Waals surface area contributed by atoms with Gasteiger partial charge in [-0.3, -0.25) is 4.98 Å². The lowest BCUT2D eigenvalue weighted by Gasteiger charge is -2.14. The number of hydrogen-bond acceptors (Lipinski definition) is 5. The molecule has 168 valence electrons. The van der Waals surface area contributed by atoms with Crippen LogP contribution < -0.4 is 20.1 Å². The number of nitrogens with one attached hydrogen (secondary N) is 2. The summed E-state index contributed by atoms with van der Waals surface area (Å²) in [5.74, 6) is 3.09. The summed E-state index contributed by atoms with van der Waals surface area (Å²) in [6, 6.07) is 19.9. The Kier molecular flexibility index (Phi) is 6.38. The standard InChI is InChI=1S/C26H26N4O3/c1-2-7-22-19(5-1)10-12-27-23(22)18-29-26(28-13-11-21-6-3-14-31-21)30-20-8-9-24-25(17-20)33-16-4-15-32-24/h1-3,5-10,12,14,17H,4,11,13,15-16,18H2,(H2,28,29,30). The maximum atomic E-state index is 5.83. The van der Waals surface area contributed by atoms with Crippen molar-refractivity contribution in [3.8, 4) is 11.5 Å². The SMILES string of the molecule is c1coc(CCNC(=NCc2nccc3ccccc23)Nc2ccc3c(c2)OCCCO3)c1. The zero-order valence-corrected chi connectivity index (χ0v) is 18.3. The third kappa shape index (κ3) is 5.26. The van der Waals surface area contributed by atoms with Crippen LogP contribution in [0.3, 0.4) is 0 Å². The van der Waals surface area contributed by atoms with Crippen LogP contribution >= 0.6 is 0 Å². The second-order valence-corrected chi connectivity index (χ2v) is 7.74. The number of benzene rings is 2. The fourth-order valence-corrected chi connectivity index (χ4v) is 3.74. The minimum absolute atomic E-state index is 0.446. The molecule has 5 rings (SSSR count). The Bertz CT molecular complexity index is 1230. The maximum Gasteiger partial charge on any atom is 0.196 e. The van der Waals surface area contributed by atoms with Crippen molar-refractivity contribution in [3.63, 3.8) is 0 Å². The molecule has 0 atom stereocenters. The highest BCUT2D eigenvalue weighted by Crippen LogP contribution is 2.32. The van der Waals surface area contributed by atoms with Crippen LogP contribution in [0.15, 0.2) is 82.5 Å². The number of nitrogens with zero attached hydrogens (tertiary/aromatic N) is 2. The number of anilines is 1. The average molecular weight is 443 g/mol. The quantitative estimate of drug-likeness (QED) is 0.330. The van der Waals surface area contributed by atoms with Crippen molar-refractivity contribution in [2.45, 2.75) is 19.4 Å². The van der Waals surface area contributed by atoms with Crippen molar-refractivity contribution in [1.82, 2.24) is 10.3 Å². The highest BCUT2D eigenvalue weighted by atomic mass is 16.5. The Balaban J connectivity index is 1.36. The van der Waals surface area contributed by atoms with E-state index in [1.807, 2.05) is 54.7 Å². The van der Waals surface area contributed by atoms with Gasteiger partial charge in [-0.2, -0.15) is 0 Å². The molecule has 0 radical (unpaired) electrons. The van der Waals surface area contributed by atoms with E-state index in [1.165, 1.54) is 0 Å². The Morgan fingerprint density at radius 1 is 0.970 bits per heavy atom. The Morgan fingerprint density at radius 2 is 1.88 bits per heavy atom. The minimum atomic E-state index is 0.446. The summed E-state index contributed by atoms with van der Waals surface area (Å²) in [5.41, 5.74) is 1.80. The van der Waals surface area contributed by atoms with Crippen LogP contribution in [0.1, 0.15) is 17.9 Å². The van der Waals surface area contributed by atoms with Gasteiger partial charge in [0, 0.05) is 42.7 Å². The van der Waals surface area contributed by atoms with Crippen LogP contribution in [0.2, 0.25) is 0 Å². The molecule has 4 aromatic rings. The number of guanidine groups is 1. The molecule has 3 heterocycles. The monoisotopic (exact) mass is 442 g/mol. The Hall–Kier alpha value is -4.00. The number of aliphatic imine (C=N–C) groups is 1.